The molecule has 0 atom stereocenters. The van der Waals surface area contributed by atoms with Crippen molar-refractivity contribution in [2.75, 3.05) is 26.2 Å². The SMILES string of the molecule is O=C(NCc1nc2ccccc2[nH]1)N1CCC(C2CCN(C(=O)C34CC5CC(CC(C5)C3)C4)CC2)CC1. The van der Waals surface area contributed by atoms with Crippen molar-refractivity contribution in [2.24, 2.45) is 35.0 Å². The van der Waals surface area contributed by atoms with E-state index in [2.05, 4.69) is 20.2 Å². The highest BCUT2D eigenvalue weighted by atomic mass is 16.2. The molecule has 7 nitrogen and oxygen atoms in total. The number of hydrogen-bond donors (Lipinski definition) is 2. The van der Waals surface area contributed by atoms with E-state index in [1.807, 2.05) is 29.2 Å². The van der Waals surface area contributed by atoms with Gasteiger partial charge in [-0.25, -0.2) is 9.78 Å². The second-order valence-corrected chi connectivity index (χ2v) is 13.0. The number of fused-ring (bicyclic) bond motifs is 1. The standard InChI is InChI=1S/C30H41N5O2/c36-28(30-16-20-13-21(17-30)15-22(14-20)18-30)34-9-5-23(6-10-34)24-7-11-35(12-8-24)29(37)31-19-27-32-25-3-1-2-4-26(25)33-27/h1-4,20-24H,5-19H2,(H,31,37)(H,32,33). The molecule has 0 radical (unpaired) electrons. The number of para-hydroxylation sites is 2. The zero-order valence-electron chi connectivity index (χ0n) is 22.0. The summed E-state index contributed by atoms with van der Waals surface area (Å²) in [6.07, 6.45) is 12.1. The Hall–Kier alpha value is -2.57. The minimum atomic E-state index is 0.00264. The van der Waals surface area contributed by atoms with Crippen molar-refractivity contribution < 1.29 is 9.59 Å². The molecule has 4 aliphatic carbocycles. The Labute approximate surface area is 219 Å². The predicted molar refractivity (Wildman–Crippen MR) is 143 cm³/mol. The van der Waals surface area contributed by atoms with Crippen LogP contribution >= 0.6 is 0 Å². The molecular formula is C30H41N5O2. The Bertz CT molecular complexity index is 1090. The molecule has 0 unspecified atom stereocenters. The van der Waals surface area contributed by atoms with E-state index >= 15 is 0 Å². The van der Waals surface area contributed by atoms with Gasteiger partial charge in [-0.2, -0.15) is 0 Å². The molecule has 2 aromatic rings. The average molecular weight is 504 g/mol. The third kappa shape index (κ3) is 4.42. The lowest BCUT2D eigenvalue weighted by molar-refractivity contribution is -0.159. The van der Waals surface area contributed by atoms with Gasteiger partial charge in [0.05, 0.1) is 23.0 Å². The van der Waals surface area contributed by atoms with Crippen LogP contribution in [0, 0.1) is 35.0 Å². The van der Waals surface area contributed by atoms with E-state index in [0.29, 0.717) is 24.3 Å². The van der Waals surface area contributed by atoms with Gasteiger partial charge in [0.25, 0.3) is 0 Å². The summed E-state index contributed by atoms with van der Waals surface area (Å²) in [7, 11) is 0. The molecule has 0 spiro atoms. The van der Waals surface area contributed by atoms with Gasteiger partial charge in [-0.1, -0.05) is 12.1 Å². The van der Waals surface area contributed by atoms with Crippen molar-refractivity contribution in [3.8, 4) is 0 Å². The van der Waals surface area contributed by atoms with E-state index in [1.54, 1.807) is 0 Å². The summed E-state index contributed by atoms with van der Waals surface area (Å²) < 4.78 is 0. The molecule has 4 saturated carbocycles. The normalized spacial score (nSPS) is 32.3. The van der Waals surface area contributed by atoms with E-state index in [-0.39, 0.29) is 11.4 Å². The summed E-state index contributed by atoms with van der Waals surface area (Å²) in [6.45, 7) is 3.96. The van der Waals surface area contributed by atoms with Crippen LogP contribution < -0.4 is 5.32 Å². The molecule has 1 aromatic carbocycles. The van der Waals surface area contributed by atoms with Crippen LogP contribution in [0.2, 0.25) is 0 Å². The number of carbonyl (C=O) groups excluding carboxylic acids is 2. The second-order valence-electron chi connectivity index (χ2n) is 13.0. The van der Waals surface area contributed by atoms with Gasteiger partial charge in [0.2, 0.25) is 5.91 Å². The van der Waals surface area contributed by atoms with E-state index in [9.17, 15) is 9.59 Å². The highest BCUT2D eigenvalue weighted by Gasteiger charge is 2.55. The van der Waals surface area contributed by atoms with E-state index in [4.69, 9.17) is 0 Å². The van der Waals surface area contributed by atoms with Crippen molar-refractivity contribution in [3.63, 3.8) is 0 Å². The second kappa shape index (κ2) is 9.32. The Morgan fingerprint density at radius 2 is 1.43 bits per heavy atom. The minimum absolute atomic E-state index is 0.00264. The molecule has 3 heterocycles. The lowest BCUT2D eigenvalue weighted by Gasteiger charge is -2.57. The molecule has 7 heteroatoms. The zero-order chi connectivity index (χ0) is 25.0. The molecule has 1 aromatic heterocycles. The maximum Gasteiger partial charge on any atom is 0.317 e. The molecule has 6 aliphatic rings. The summed E-state index contributed by atoms with van der Waals surface area (Å²) in [4.78, 5) is 38.6. The number of urea groups is 1. The van der Waals surface area contributed by atoms with Gasteiger partial charge < -0.3 is 20.1 Å². The molecule has 198 valence electrons. The summed E-state index contributed by atoms with van der Waals surface area (Å²) in [6, 6.07) is 7.95. The molecule has 3 amide bonds. The van der Waals surface area contributed by atoms with Crippen LogP contribution in [-0.4, -0.2) is 57.9 Å². The quantitative estimate of drug-likeness (QED) is 0.620. The highest BCUT2D eigenvalue weighted by molar-refractivity contribution is 5.83. The Morgan fingerprint density at radius 1 is 0.865 bits per heavy atom. The fourth-order valence-electron chi connectivity index (χ4n) is 9.22. The van der Waals surface area contributed by atoms with Crippen molar-refractivity contribution in [3.05, 3.63) is 30.1 Å². The smallest absolute Gasteiger partial charge is 0.317 e. The van der Waals surface area contributed by atoms with Crippen LogP contribution in [0.25, 0.3) is 11.0 Å². The molecule has 4 bridgehead atoms. The Morgan fingerprint density at radius 3 is 2.03 bits per heavy atom. The van der Waals surface area contributed by atoms with Gasteiger partial charge in [0, 0.05) is 26.2 Å². The first-order valence-electron chi connectivity index (χ1n) is 14.8. The number of carbonyl (C=O) groups is 2. The number of imidazole rings is 1. The number of benzene rings is 1. The van der Waals surface area contributed by atoms with Gasteiger partial charge in [-0.15, -0.1) is 0 Å². The van der Waals surface area contributed by atoms with Gasteiger partial charge in [-0.05, 0) is 106 Å². The molecule has 6 fully saturated rings. The summed E-state index contributed by atoms with van der Waals surface area (Å²) in [5.74, 6) is 5.16. The lowest BCUT2D eigenvalue weighted by atomic mass is 9.49. The maximum atomic E-state index is 13.7. The van der Waals surface area contributed by atoms with Crippen LogP contribution in [-0.2, 0) is 11.3 Å². The predicted octanol–water partition coefficient (Wildman–Crippen LogP) is 4.94. The number of H-pyrrole nitrogens is 1. The third-order valence-electron chi connectivity index (χ3n) is 10.7. The van der Waals surface area contributed by atoms with Gasteiger partial charge in [-0.3, -0.25) is 4.79 Å². The summed E-state index contributed by atoms with van der Waals surface area (Å²) >= 11 is 0. The van der Waals surface area contributed by atoms with Crippen molar-refractivity contribution in [1.29, 1.82) is 0 Å². The molecule has 37 heavy (non-hydrogen) atoms. The van der Waals surface area contributed by atoms with Gasteiger partial charge >= 0.3 is 6.03 Å². The molecular weight excluding hydrogens is 462 g/mol. The third-order valence-corrected chi connectivity index (χ3v) is 10.7. The number of nitrogens with zero attached hydrogens (tertiary/aromatic N) is 3. The van der Waals surface area contributed by atoms with Gasteiger partial charge in [0.15, 0.2) is 0 Å². The van der Waals surface area contributed by atoms with E-state index < -0.39 is 0 Å². The van der Waals surface area contributed by atoms with E-state index in [0.717, 1.165) is 86.5 Å². The topological polar surface area (TPSA) is 81.3 Å². The Balaban J connectivity index is 0.872. The first-order chi connectivity index (χ1) is 18.0. The Kier molecular flexibility index (Phi) is 5.93. The average Bonchev–Trinajstić information content (AvgIpc) is 3.34. The molecule has 2 aliphatic heterocycles. The highest BCUT2D eigenvalue weighted by Crippen LogP contribution is 2.60. The number of nitrogens with one attached hydrogen (secondary N) is 2. The maximum absolute atomic E-state index is 13.7. The lowest BCUT2D eigenvalue weighted by Crippen LogP contribution is -2.56. The zero-order valence-corrected chi connectivity index (χ0v) is 22.0. The number of amides is 3. The molecule has 2 N–H and O–H groups in total. The first kappa shape index (κ1) is 23.5. The number of aromatic amines is 1. The van der Waals surface area contributed by atoms with Crippen LogP contribution in [0.15, 0.2) is 24.3 Å². The first-order valence-corrected chi connectivity index (χ1v) is 14.8. The van der Waals surface area contributed by atoms with Crippen LogP contribution in [0.1, 0.15) is 70.0 Å². The van der Waals surface area contributed by atoms with Crippen molar-refractivity contribution >= 4 is 23.0 Å². The van der Waals surface area contributed by atoms with Crippen molar-refractivity contribution in [1.82, 2.24) is 25.1 Å². The number of piperidine rings is 2. The molecule has 2 saturated heterocycles. The van der Waals surface area contributed by atoms with Gasteiger partial charge in [0.1, 0.15) is 5.82 Å². The summed E-state index contributed by atoms with van der Waals surface area (Å²) in [5, 5.41) is 3.05. The number of rotatable bonds is 4. The van der Waals surface area contributed by atoms with Crippen molar-refractivity contribution in [2.45, 2.75) is 70.8 Å². The van der Waals surface area contributed by atoms with E-state index in [1.165, 1.54) is 38.5 Å². The van der Waals surface area contributed by atoms with Crippen LogP contribution in [0.4, 0.5) is 4.79 Å². The largest absolute Gasteiger partial charge is 0.342 e. The summed E-state index contributed by atoms with van der Waals surface area (Å²) in [5.41, 5.74) is 1.93. The number of aromatic nitrogens is 2. The fourth-order valence-corrected chi connectivity index (χ4v) is 9.22. The van der Waals surface area contributed by atoms with Crippen LogP contribution in [0.3, 0.4) is 0 Å². The molecule has 8 rings (SSSR count). The van der Waals surface area contributed by atoms with Crippen LogP contribution in [0.5, 0.6) is 0 Å². The minimum Gasteiger partial charge on any atom is -0.342 e. The number of hydrogen-bond acceptors (Lipinski definition) is 3. The monoisotopic (exact) mass is 503 g/mol. The fraction of sp³-hybridized carbons (Fsp3) is 0.700. The number of likely N-dealkylation sites (tertiary alicyclic amines) is 2.